The van der Waals surface area contributed by atoms with Gasteiger partial charge in [0.1, 0.15) is 23.5 Å². The van der Waals surface area contributed by atoms with Crippen molar-refractivity contribution in [2.75, 3.05) is 30.3 Å². The molecule has 24 heavy (non-hydrogen) atoms. The summed E-state index contributed by atoms with van der Waals surface area (Å²) in [4.78, 5) is 10.7. The minimum absolute atomic E-state index is 0.213. The Balaban J connectivity index is 1.67. The largest absolute Gasteiger partial charge is 0.354 e. The average Bonchev–Trinajstić information content (AvgIpc) is 2.94. The van der Waals surface area contributed by atoms with Gasteiger partial charge in [-0.15, -0.1) is 0 Å². The first-order valence-electron chi connectivity index (χ1n) is 8.32. The molecule has 0 bridgehead atoms. The van der Waals surface area contributed by atoms with E-state index in [-0.39, 0.29) is 11.9 Å². The molecule has 1 aromatic heterocycles. The molecule has 2 aromatic rings. The Morgan fingerprint density at radius 3 is 2.92 bits per heavy atom. The van der Waals surface area contributed by atoms with Gasteiger partial charge in [0.15, 0.2) is 0 Å². The van der Waals surface area contributed by atoms with Crippen LogP contribution in [-0.4, -0.2) is 55.8 Å². The van der Waals surface area contributed by atoms with E-state index in [0.717, 1.165) is 50.1 Å². The van der Waals surface area contributed by atoms with E-state index in [4.69, 9.17) is 0 Å². The molecule has 128 valence electrons. The van der Waals surface area contributed by atoms with Gasteiger partial charge in [0.2, 0.25) is 0 Å². The van der Waals surface area contributed by atoms with Gasteiger partial charge in [-0.25, -0.2) is 18.7 Å². The molecule has 0 spiro atoms. The van der Waals surface area contributed by atoms with Gasteiger partial charge in [-0.1, -0.05) is 6.07 Å². The number of hydrogen-bond acceptors (Lipinski definition) is 4. The van der Waals surface area contributed by atoms with E-state index in [1.54, 1.807) is 6.07 Å². The third-order valence-electron chi connectivity index (χ3n) is 4.97. The molecule has 2 aliphatic heterocycles. The zero-order valence-corrected chi connectivity index (χ0v) is 14.3. The Morgan fingerprint density at radius 2 is 2.12 bits per heavy atom. The summed E-state index contributed by atoms with van der Waals surface area (Å²) in [6.07, 6.45) is 4.38. The molecule has 3 heterocycles. The molecule has 2 saturated heterocycles. The molecule has 4 rings (SSSR count). The third-order valence-corrected chi connectivity index (χ3v) is 7.23. The molecule has 2 aliphatic rings. The summed E-state index contributed by atoms with van der Waals surface area (Å²) in [6.45, 7) is 2.46. The van der Waals surface area contributed by atoms with Gasteiger partial charge in [-0.3, -0.25) is 4.21 Å². The molecule has 2 unspecified atom stereocenters. The summed E-state index contributed by atoms with van der Waals surface area (Å²) in [6, 6.07) is 5.18. The molecule has 0 N–H and O–H groups in total. The van der Waals surface area contributed by atoms with Crippen molar-refractivity contribution in [1.29, 1.82) is 0 Å². The van der Waals surface area contributed by atoms with Crippen LogP contribution in [0, 0.1) is 5.82 Å². The number of aromatic nitrogens is 2. The van der Waals surface area contributed by atoms with E-state index in [9.17, 15) is 8.60 Å². The third kappa shape index (κ3) is 2.65. The predicted octanol–water partition coefficient (Wildman–Crippen LogP) is 2.07. The first-order chi connectivity index (χ1) is 11.6. The molecule has 1 aromatic carbocycles. The van der Waals surface area contributed by atoms with E-state index >= 15 is 0 Å². The summed E-state index contributed by atoms with van der Waals surface area (Å²) in [5.74, 6) is 5.07. The lowest BCUT2D eigenvalue weighted by Gasteiger charge is -2.38. The Labute approximate surface area is 141 Å². The standard InChI is InChI=1S/C17H21FN4OS/c1-24(23)10-4-9-22(24)13-5-3-8-21(11-13)17-14-6-2-7-15(18)16(14)19-12-20-17/h2,6-7,12-13H,1,3-5,8-11H2. The molecular formula is C17H21FN4OS. The lowest BCUT2D eigenvalue weighted by atomic mass is 10.0. The summed E-state index contributed by atoms with van der Waals surface area (Å²) in [5.41, 5.74) is 0.353. The van der Waals surface area contributed by atoms with Crippen LogP contribution >= 0.6 is 0 Å². The van der Waals surface area contributed by atoms with Gasteiger partial charge in [-0.05, 0) is 37.3 Å². The SMILES string of the molecule is C=S1(=O)CCCN1C1CCCN(c2ncnc3c(F)cccc23)C1. The quantitative estimate of drug-likeness (QED) is 0.780. The molecule has 7 heteroatoms. The second-order valence-corrected chi connectivity index (χ2v) is 8.97. The van der Waals surface area contributed by atoms with Crippen LogP contribution in [0.2, 0.25) is 0 Å². The summed E-state index contributed by atoms with van der Waals surface area (Å²) >= 11 is 0. The van der Waals surface area contributed by atoms with Crippen molar-refractivity contribution >= 4 is 32.3 Å². The molecule has 0 saturated carbocycles. The Morgan fingerprint density at radius 1 is 1.25 bits per heavy atom. The van der Waals surface area contributed by atoms with Crippen LogP contribution in [0.25, 0.3) is 10.9 Å². The van der Waals surface area contributed by atoms with Crippen molar-refractivity contribution in [2.45, 2.75) is 25.3 Å². The van der Waals surface area contributed by atoms with Crippen molar-refractivity contribution in [3.63, 3.8) is 0 Å². The maximum Gasteiger partial charge on any atom is 0.149 e. The van der Waals surface area contributed by atoms with E-state index in [1.807, 2.05) is 6.07 Å². The number of hydrogen-bond donors (Lipinski definition) is 0. The Kier molecular flexibility index (Phi) is 3.92. The normalized spacial score (nSPS) is 28.5. The highest BCUT2D eigenvalue weighted by Gasteiger charge is 2.33. The molecule has 0 radical (unpaired) electrons. The highest BCUT2D eigenvalue weighted by molar-refractivity contribution is 7.98. The highest BCUT2D eigenvalue weighted by Crippen LogP contribution is 2.30. The number of anilines is 1. The monoisotopic (exact) mass is 348 g/mol. The van der Waals surface area contributed by atoms with Crippen LogP contribution in [0.4, 0.5) is 10.2 Å². The van der Waals surface area contributed by atoms with Crippen molar-refractivity contribution in [3.05, 3.63) is 30.3 Å². The van der Waals surface area contributed by atoms with Gasteiger partial charge in [0.25, 0.3) is 0 Å². The first kappa shape index (κ1) is 15.8. The molecular weight excluding hydrogens is 327 g/mol. The fourth-order valence-electron chi connectivity index (χ4n) is 3.86. The number of halogens is 1. The minimum atomic E-state index is -2.13. The lowest BCUT2D eigenvalue weighted by molar-refractivity contribution is 0.308. The predicted molar refractivity (Wildman–Crippen MR) is 96.2 cm³/mol. The second-order valence-electron chi connectivity index (χ2n) is 6.55. The topological polar surface area (TPSA) is 49.3 Å². The van der Waals surface area contributed by atoms with Crippen LogP contribution in [-0.2, 0) is 9.71 Å². The number of nitrogens with zero attached hydrogens (tertiary/aromatic N) is 4. The summed E-state index contributed by atoms with van der Waals surface area (Å²) in [5, 5.41) is 0.731. The highest BCUT2D eigenvalue weighted by atomic mass is 32.2. The van der Waals surface area contributed by atoms with Crippen molar-refractivity contribution in [3.8, 4) is 0 Å². The first-order valence-corrected chi connectivity index (χ1v) is 10.2. The van der Waals surface area contributed by atoms with Crippen molar-refractivity contribution in [2.24, 2.45) is 0 Å². The van der Waals surface area contributed by atoms with E-state index in [2.05, 4.69) is 25.0 Å². The number of rotatable bonds is 2. The molecule has 0 aliphatic carbocycles. The minimum Gasteiger partial charge on any atom is -0.354 e. The molecule has 5 nitrogen and oxygen atoms in total. The van der Waals surface area contributed by atoms with E-state index < -0.39 is 9.71 Å². The van der Waals surface area contributed by atoms with E-state index in [1.165, 1.54) is 12.4 Å². The number of benzene rings is 1. The number of fused-ring (bicyclic) bond motifs is 1. The molecule has 0 amide bonds. The fraction of sp³-hybridized carbons (Fsp3) is 0.471. The summed E-state index contributed by atoms with van der Waals surface area (Å²) < 4.78 is 28.7. The van der Waals surface area contributed by atoms with Crippen LogP contribution in [0.1, 0.15) is 19.3 Å². The maximum absolute atomic E-state index is 14.0. The zero-order valence-electron chi connectivity index (χ0n) is 13.5. The average molecular weight is 348 g/mol. The van der Waals surface area contributed by atoms with Gasteiger partial charge in [0, 0.05) is 46.5 Å². The van der Waals surface area contributed by atoms with Gasteiger partial charge in [-0.2, -0.15) is 0 Å². The van der Waals surface area contributed by atoms with E-state index in [0.29, 0.717) is 11.3 Å². The van der Waals surface area contributed by atoms with Crippen molar-refractivity contribution in [1.82, 2.24) is 14.3 Å². The van der Waals surface area contributed by atoms with Crippen LogP contribution in [0.15, 0.2) is 24.5 Å². The van der Waals surface area contributed by atoms with Crippen molar-refractivity contribution < 1.29 is 8.60 Å². The second kappa shape index (κ2) is 5.97. The number of piperidine rings is 1. The Bertz CT molecular complexity index is 870. The number of para-hydroxylation sites is 1. The zero-order chi connectivity index (χ0) is 16.7. The smallest absolute Gasteiger partial charge is 0.149 e. The lowest BCUT2D eigenvalue weighted by Crippen LogP contribution is -2.48. The molecule has 2 fully saturated rings. The van der Waals surface area contributed by atoms with Crippen LogP contribution in [0.5, 0.6) is 0 Å². The fourth-order valence-corrected chi connectivity index (χ4v) is 5.85. The van der Waals surface area contributed by atoms with Gasteiger partial charge < -0.3 is 4.90 Å². The van der Waals surface area contributed by atoms with Gasteiger partial charge >= 0.3 is 0 Å². The maximum atomic E-state index is 14.0. The molecule has 2 atom stereocenters. The van der Waals surface area contributed by atoms with Crippen LogP contribution in [0.3, 0.4) is 0 Å². The van der Waals surface area contributed by atoms with Gasteiger partial charge in [0.05, 0.1) is 0 Å². The van der Waals surface area contributed by atoms with Crippen LogP contribution < -0.4 is 4.90 Å². The summed E-state index contributed by atoms with van der Waals surface area (Å²) in [7, 11) is -2.13. The Hall–Kier alpha value is -1.73.